The quantitative estimate of drug-likeness (QED) is 0.697. The average Bonchev–Trinajstić information content (AvgIpc) is 2.67. The standard InChI is InChI=1S/C20H23FN2O4/c1-13-17(26-2)11-15(12-18(13)27-3)20(25)23-9-5-8-22-19(24)14-6-4-7-16(21)10-14/h4,6-7,10-12H,5,8-9H2,1-3H3,(H,22,24)(H,23,25). The minimum absolute atomic E-state index is 0.261. The van der Waals surface area contributed by atoms with Crippen LogP contribution in [0.3, 0.4) is 0 Å². The van der Waals surface area contributed by atoms with E-state index in [9.17, 15) is 14.0 Å². The summed E-state index contributed by atoms with van der Waals surface area (Å²) in [5.74, 6) is 0.0690. The number of hydrogen-bond donors (Lipinski definition) is 2. The van der Waals surface area contributed by atoms with Gasteiger partial charge in [0.05, 0.1) is 14.2 Å². The van der Waals surface area contributed by atoms with Crippen molar-refractivity contribution in [3.8, 4) is 11.5 Å². The third-order valence-corrected chi connectivity index (χ3v) is 4.03. The summed E-state index contributed by atoms with van der Waals surface area (Å²) in [5, 5.41) is 5.47. The van der Waals surface area contributed by atoms with E-state index in [0.717, 1.165) is 5.56 Å². The Morgan fingerprint density at radius 3 is 2.00 bits per heavy atom. The Bertz CT molecular complexity index is 798. The predicted molar refractivity (Wildman–Crippen MR) is 100.0 cm³/mol. The molecular weight excluding hydrogens is 351 g/mol. The molecule has 0 fully saturated rings. The monoisotopic (exact) mass is 374 g/mol. The van der Waals surface area contributed by atoms with Gasteiger partial charge in [-0.3, -0.25) is 9.59 Å². The van der Waals surface area contributed by atoms with Crippen LogP contribution in [-0.2, 0) is 0 Å². The molecule has 0 aromatic heterocycles. The lowest BCUT2D eigenvalue weighted by Gasteiger charge is -2.13. The highest BCUT2D eigenvalue weighted by atomic mass is 19.1. The first-order valence-electron chi connectivity index (χ1n) is 8.51. The molecule has 0 saturated heterocycles. The third-order valence-electron chi connectivity index (χ3n) is 4.03. The van der Waals surface area contributed by atoms with E-state index in [4.69, 9.17) is 9.47 Å². The van der Waals surface area contributed by atoms with E-state index >= 15 is 0 Å². The maximum absolute atomic E-state index is 13.1. The van der Waals surface area contributed by atoms with Gasteiger partial charge in [0, 0.05) is 29.8 Å². The predicted octanol–water partition coefficient (Wildman–Crippen LogP) is 2.70. The first kappa shape index (κ1) is 20.2. The fraction of sp³-hybridized carbons (Fsp3) is 0.300. The summed E-state index contributed by atoms with van der Waals surface area (Å²) in [6.07, 6.45) is 0.535. The van der Waals surface area contributed by atoms with Crippen molar-refractivity contribution >= 4 is 11.8 Å². The molecule has 27 heavy (non-hydrogen) atoms. The lowest BCUT2D eigenvalue weighted by Crippen LogP contribution is -2.30. The molecule has 6 nitrogen and oxygen atoms in total. The fourth-order valence-corrected chi connectivity index (χ4v) is 2.54. The topological polar surface area (TPSA) is 76.7 Å². The molecule has 0 heterocycles. The highest BCUT2D eigenvalue weighted by Crippen LogP contribution is 2.29. The summed E-state index contributed by atoms with van der Waals surface area (Å²) in [5.41, 5.74) is 1.51. The average molecular weight is 374 g/mol. The molecule has 2 aromatic rings. The largest absolute Gasteiger partial charge is 0.496 e. The molecule has 0 aliphatic carbocycles. The van der Waals surface area contributed by atoms with Crippen molar-refractivity contribution < 1.29 is 23.5 Å². The molecule has 0 atom stereocenters. The van der Waals surface area contributed by atoms with Crippen LogP contribution in [0, 0.1) is 12.7 Å². The molecular formula is C20H23FN2O4. The molecule has 7 heteroatoms. The minimum atomic E-state index is -0.459. The zero-order chi connectivity index (χ0) is 19.8. The van der Waals surface area contributed by atoms with Crippen molar-refractivity contribution in [3.05, 3.63) is 58.9 Å². The molecule has 0 saturated carbocycles. The molecule has 0 radical (unpaired) electrons. The lowest BCUT2D eigenvalue weighted by atomic mass is 10.1. The second kappa shape index (κ2) is 9.56. The minimum Gasteiger partial charge on any atom is -0.496 e. The molecule has 0 aliphatic heterocycles. The van der Waals surface area contributed by atoms with Crippen molar-refractivity contribution in [1.29, 1.82) is 0 Å². The number of amides is 2. The van der Waals surface area contributed by atoms with Gasteiger partial charge in [0.2, 0.25) is 0 Å². The van der Waals surface area contributed by atoms with Crippen molar-refractivity contribution in [2.24, 2.45) is 0 Å². The van der Waals surface area contributed by atoms with E-state index in [1.165, 1.54) is 32.4 Å². The summed E-state index contributed by atoms with van der Waals surface area (Å²) < 4.78 is 23.6. The van der Waals surface area contributed by atoms with Gasteiger partial charge in [-0.1, -0.05) is 6.07 Å². The fourth-order valence-electron chi connectivity index (χ4n) is 2.54. The van der Waals surface area contributed by atoms with Gasteiger partial charge in [-0.2, -0.15) is 0 Å². The van der Waals surface area contributed by atoms with E-state index in [-0.39, 0.29) is 17.4 Å². The molecule has 0 aliphatic rings. The highest BCUT2D eigenvalue weighted by molar-refractivity contribution is 5.95. The van der Waals surface area contributed by atoms with E-state index in [0.29, 0.717) is 36.6 Å². The van der Waals surface area contributed by atoms with Crippen LogP contribution >= 0.6 is 0 Å². The van der Waals surface area contributed by atoms with Gasteiger partial charge in [-0.25, -0.2) is 4.39 Å². The zero-order valence-electron chi connectivity index (χ0n) is 15.6. The summed E-state index contributed by atoms with van der Waals surface area (Å²) in [6.45, 7) is 2.58. The summed E-state index contributed by atoms with van der Waals surface area (Å²) in [4.78, 5) is 24.2. The molecule has 0 unspecified atom stereocenters. The van der Waals surface area contributed by atoms with Crippen molar-refractivity contribution in [1.82, 2.24) is 10.6 Å². The van der Waals surface area contributed by atoms with Crippen molar-refractivity contribution in [2.75, 3.05) is 27.3 Å². The van der Waals surface area contributed by atoms with Crippen LogP contribution < -0.4 is 20.1 Å². The second-order valence-corrected chi connectivity index (χ2v) is 5.88. The highest BCUT2D eigenvalue weighted by Gasteiger charge is 2.13. The molecule has 0 bridgehead atoms. The number of methoxy groups -OCH3 is 2. The van der Waals surface area contributed by atoms with Crippen LogP contribution in [0.25, 0.3) is 0 Å². The number of carbonyl (C=O) groups is 2. The van der Waals surface area contributed by atoms with Gasteiger partial charge >= 0.3 is 0 Å². The number of nitrogens with one attached hydrogen (secondary N) is 2. The maximum atomic E-state index is 13.1. The summed E-state index contributed by atoms with van der Waals surface area (Å²) in [7, 11) is 3.06. The SMILES string of the molecule is COc1cc(C(=O)NCCCNC(=O)c2cccc(F)c2)cc(OC)c1C. The number of carbonyl (C=O) groups excluding carboxylic acids is 2. The van der Waals surface area contributed by atoms with Gasteiger partial charge in [-0.15, -0.1) is 0 Å². The Morgan fingerprint density at radius 2 is 1.48 bits per heavy atom. The van der Waals surface area contributed by atoms with Crippen LogP contribution in [0.4, 0.5) is 4.39 Å². The maximum Gasteiger partial charge on any atom is 0.251 e. The molecule has 144 valence electrons. The third kappa shape index (κ3) is 5.44. The van der Waals surface area contributed by atoms with Crippen LogP contribution in [0.5, 0.6) is 11.5 Å². The Morgan fingerprint density at radius 1 is 0.926 bits per heavy atom. The van der Waals surface area contributed by atoms with E-state index in [2.05, 4.69) is 10.6 Å². The first-order valence-corrected chi connectivity index (χ1v) is 8.51. The first-order chi connectivity index (χ1) is 13.0. The number of rotatable bonds is 8. The van der Waals surface area contributed by atoms with Crippen molar-refractivity contribution in [3.63, 3.8) is 0 Å². The zero-order valence-corrected chi connectivity index (χ0v) is 15.6. The molecule has 2 amide bonds. The Balaban J connectivity index is 1.82. The summed E-state index contributed by atoms with van der Waals surface area (Å²) in [6, 6.07) is 8.78. The molecule has 0 spiro atoms. The van der Waals surface area contributed by atoms with Crippen molar-refractivity contribution in [2.45, 2.75) is 13.3 Å². The van der Waals surface area contributed by atoms with E-state index in [1.54, 1.807) is 18.2 Å². The summed E-state index contributed by atoms with van der Waals surface area (Å²) >= 11 is 0. The Kier molecular flexibility index (Phi) is 7.16. The molecule has 2 rings (SSSR count). The van der Waals surface area contributed by atoms with Crippen LogP contribution in [0.1, 0.15) is 32.7 Å². The number of ether oxygens (including phenoxy) is 2. The smallest absolute Gasteiger partial charge is 0.251 e. The van der Waals surface area contributed by atoms with E-state index < -0.39 is 5.82 Å². The van der Waals surface area contributed by atoms with Crippen LogP contribution in [0.15, 0.2) is 36.4 Å². The number of halogens is 1. The van der Waals surface area contributed by atoms with Gasteiger partial charge in [-0.05, 0) is 43.7 Å². The Hall–Kier alpha value is -3.09. The molecule has 2 aromatic carbocycles. The normalized spacial score (nSPS) is 10.2. The van der Waals surface area contributed by atoms with Gasteiger partial charge in [0.25, 0.3) is 11.8 Å². The van der Waals surface area contributed by atoms with Gasteiger partial charge < -0.3 is 20.1 Å². The second-order valence-electron chi connectivity index (χ2n) is 5.88. The lowest BCUT2D eigenvalue weighted by molar-refractivity contribution is 0.0951. The number of benzene rings is 2. The molecule has 2 N–H and O–H groups in total. The van der Waals surface area contributed by atoms with Crippen LogP contribution in [-0.4, -0.2) is 39.1 Å². The Labute approximate surface area is 157 Å². The van der Waals surface area contributed by atoms with Gasteiger partial charge in [0.1, 0.15) is 17.3 Å². The van der Waals surface area contributed by atoms with Crippen LogP contribution in [0.2, 0.25) is 0 Å². The number of hydrogen-bond acceptors (Lipinski definition) is 4. The van der Waals surface area contributed by atoms with Gasteiger partial charge in [0.15, 0.2) is 0 Å². The van der Waals surface area contributed by atoms with E-state index in [1.807, 2.05) is 6.92 Å².